The Kier molecular flexibility index (Phi) is 2.74. The Bertz CT molecular complexity index is 675. The first kappa shape index (κ1) is 11.8. The van der Waals surface area contributed by atoms with E-state index < -0.39 is 0 Å². The molecule has 0 saturated heterocycles. The van der Waals surface area contributed by atoms with E-state index in [-0.39, 0.29) is 23.2 Å². The van der Waals surface area contributed by atoms with Crippen LogP contribution in [-0.4, -0.2) is 14.7 Å². The predicted octanol–water partition coefficient (Wildman–Crippen LogP) is 2.38. The molecule has 1 aromatic carbocycles. The summed E-state index contributed by atoms with van der Waals surface area (Å²) in [6.07, 6.45) is 5.29. The fraction of sp³-hybridized carbons (Fsp3) is 0.286. The highest BCUT2D eigenvalue weighted by Gasteiger charge is 2.25. The van der Waals surface area contributed by atoms with Crippen LogP contribution < -0.4 is 10.3 Å². The third-order valence-electron chi connectivity index (χ3n) is 3.24. The van der Waals surface area contributed by atoms with Crippen LogP contribution in [0.2, 0.25) is 0 Å². The summed E-state index contributed by atoms with van der Waals surface area (Å²) in [4.78, 5) is 16.1. The van der Waals surface area contributed by atoms with E-state index >= 15 is 0 Å². The standard InChI is InChI=1S/C14H14N2O3/c1-9-11(17)3-2-4-12(9)19-13-14(18)16(8-7-15-13)10-5-6-10/h2-4,7-8,10,17H,5-6H2,1H3. The van der Waals surface area contributed by atoms with Crippen LogP contribution in [0.5, 0.6) is 17.4 Å². The normalized spacial score (nSPS) is 14.4. The van der Waals surface area contributed by atoms with Crippen molar-refractivity contribution in [3.05, 3.63) is 46.5 Å². The van der Waals surface area contributed by atoms with Gasteiger partial charge in [0.1, 0.15) is 11.5 Å². The van der Waals surface area contributed by atoms with Crippen molar-refractivity contribution in [2.75, 3.05) is 0 Å². The van der Waals surface area contributed by atoms with Crippen LogP contribution in [0, 0.1) is 6.92 Å². The minimum Gasteiger partial charge on any atom is -0.508 e. The van der Waals surface area contributed by atoms with E-state index in [9.17, 15) is 9.90 Å². The molecule has 0 spiro atoms. The van der Waals surface area contributed by atoms with Crippen molar-refractivity contribution in [2.24, 2.45) is 0 Å². The minimum atomic E-state index is -0.229. The molecule has 0 unspecified atom stereocenters. The number of rotatable bonds is 3. The van der Waals surface area contributed by atoms with Gasteiger partial charge in [0, 0.05) is 24.0 Å². The van der Waals surface area contributed by atoms with Gasteiger partial charge in [0.15, 0.2) is 0 Å². The zero-order chi connectivity index (χ0) is 13.4. The smallest absolute Gasteiger partial charge is 0.313 e. The second kappa shape index (κ2) is 4.42. The van der Waals surface area contributed by atoms with Gasteiger partial charge in [-0.3, -0.25) is 4.79 Å². The number of phenols is 1. The van der Waals surface area contributed by atoms with Crippen LogP contribution in [-0.2, 0) is 0 Å². The number of ether oxygens (including phenoxy) is 1. The molecule has 5 heteroatoms. The lowest BCUT2D eigenvalue weighted by Crippen LogP contribution is -2.20. The Morgan fingerprint density at radius 1 is 1.42 bits per heavy atom. The molecule has 0 radical (unpaired) electrons. The summed E-state index contributed by atoms with van der Waals surface area (Å²) in [6.45, 7) is 1.73. The molecule has 0 bridgehead atoms. The van der Waals surface area contributed by atoms with Crippen LogP contribution in [0.25, 0.3) is 0 Å². The monoisotopic (exact) mass is 258 g/mol. The number of phenolic OH excluding ortho intramolecular Hbond substituents is 1. The van der Waals surface area contributed by atoms with Crippen molar-refractivity contribution < 1.29 is 9.84 Å². The van der Waals surface area contributed by atoms with Crippen molar-refractivity contribution in [1.82, 2.24) is 9.55 Å². The van der Waals surface area contributed by atoms with Crippen LogP contribution in [0.3, 0.4) is 0 Å². The van der Waals surface area contributed by atoms with E-state index in [1.807, 2.05) is 0 Å². The zero-order valence-electron chi connectivity index (χ0n) is 10.5. The molecule has 1 fully saturated rings. The van der Waals surface area contributed by atoms with Gasteiger partial charge in [-0.2, -0.15) is 0 Å². The maximum absolute atomic E-state index is 12.2. The summed E-state index contributed by atoms with van der Waals surface area (Å²) in [5, 5.41) is 9.62. The highest BCUT2D eigenvalue weighted by Crippen LogP contribution is 2.34. The number of hydrogen-bond donors (Lipinski definition) is 1. The average molecular weight is 258 g/mol. The highest BCUT2D eigenvalue weighted by atomic mass is 16.5. The summed E-state index contributed by atoms with van der Waals surface area (Å²) in [5.41, 5.74) is 0.360. The van der Waals surface area contributed by atoms with Crippen molar-refractivity contribution >= 4 is 0 Å². The molecule has 1 aliphatic carbocycles. The molecule has 1 heterocycles. The fourth-order valence-electron chi connectivity index (χ4n) is 1.93. The average Bonchev–Trinajstić information content (AvgIpc) is 3.21. The van der Waals surface area contributed by atoms with E-state index in [1.54, 1.807) is 42.1 Å². The molecular weight excluding hydrogens is 244 g/mol. The summed E-state index contributed by atoms with van der Waals surface area (Å²) in [7, 11) is 0. The first-order valence-electron chi connectivity index (χ1n) is 6.20. The van der Waals surface area contributed by atoms with E-state index in [0.29, 0.717) is 11.3 Å². The summed E-state index contributed by atoms with van der Waals surface area (Å²) in [6, 6.07) is 5.22. The lowest BCUT2D eigenvalue weighted by molar-refractivity contribution is 0.428. The topological polar surface area (TPSA) is 64.3 Å². The van der Waals surface area contributed by atoms with Crippen LogP contribution in [0.1, 0.15) is 24.4 Å². The van der Waals surface area contributed by atoms with E-state index in [4.69, 9.17) is 4.74 Å². The SMILES string of the molecule is Cc1c(O)cccc1Oc1nccn(C2CC2)c1=O. The van der Waals surface area contributed by atoms with Crippen LogP contribution >= 0.6 is 0 Å². The second-order valence-electron chi connectivity index (χ2n) is 4.68. The quantitative estimate of drug-likeness (QED) is 0.918. The maximum atomic E-state index is 12.2. The summed E-state index contributed by atoms with van der Waals surface area (Å²) < 4.78 is 7.19. The van der Waals surface area contributed by atoms with Crippen molar-refractivity contribution in [2.45, 2.75) is 25.8 Å². The van der Waals surface area contributed by atoms with E-state index in [2.05, 4.69) is 4.98 Å². The molecule has 1 aromatic heterocycles. The molecule has 1 aliphatic rings. The molecule has 1 saturated carbocycles. The Morgan fingerprint density at radius 2 is 2.21 bits per heavy atom. The number of benzene rings is 1. The number of hydrogen-bond acceptors (Lipinski definition) is 4. The number of aromatic hydroxyl groups is 1. The van der Waals surface area contributed by atoms with Crippen molar-refractivity contribution in [1.29, 1.82) is 0 Å². The van der Waals surface area contributed by atoms with E-state index in [0.717, 1.165) is 12.8 Å². The lowest BCUT2D eigenvalue weighted by atomic mass is 10.2. The Hall–Kier alpha value is -2.30. The van der Waals surface area contributed by atoms with Gasteiger partial charge in [-0.05, 0) is 31.9 Å². The molecular formula is C14H14N2O3. The van der Waals surface area contributed by atoms with Gasteiger partial charge in [0.25, 0.3) is 5.88 Å². The first-order valence-corrected chi connectivity index (χ1v) is 6.20. The van der Waals surface area contributed by atoms with Gasteiger partial charge < -0.3 is 14.4 Å². The minimum absolute atomic E-state index is 0.0445. The van der Waals surface area contributed by atoms with Crippen molar-refractivity contribution in [3.8, 4) is 17.4 Å². The largest absolute Gasteiger partial charge is 0.508 e. The van der Waals surface area contributed by atoms with Gasteiger partial charge in [-0.1, -0.05) is 6.07 Å². The van der Waals surface area contributed by atoms with Gasteiger partial charge in [0.05, 0.1) is 0 Å². The lowest BCUT2D eigenvalue weighted by Gasteiger charge is -2.09. The molecule has 0 amide bonds. The van der Waals surface area contributed by atoms with Gasteiger partial charge in [-0.15, -0.1) is 0 Å². The molecule has 19 heavy (non-hydrogen) atoms. The third-order valence-corrected chi connectivity index (χ3v) is 3.24. The van der Waals surface area contributed by atoms with Crippen LogP contribution in [0.4, 0.5) is 0 Å². The fourth-order valence-corrected chi connectivity index (χ4v) is 1.93. The Labute approximate surface area is 110 Å². The molecule has 2 aromatic rings. The van der Waals surface area contributed by atoms with Crippen LogP contribution in [0.15, 0.2) is 35.4 Å². The van der Waals surface area contributed by atoms with E-state index in [1.165, 1.54) is 0 Å². The van der Waals surface area contributed by atoms with Gasteiger partial charge in [0.2, 0.25) is 0 Å². The molecule has 0 aliphatic heterocycles. The zero-order valence-corrected chi connectivity index (χ0v) is 10.5. The first-order chi connectivity index (χ1) is 9.16. The van der Waals surface area contributed by atoms with Gasteiger partial charge >= 0.3 is 5.56 Å². The molecule has 5 nitrogen and oxygen atoms in total. The number of aromatic nitrogens is 2. The predicted molar refractivity (Wildman–Crippen MR) is 69.7 cm³/mol. The molecule has 1 N–H and O–H groups in total. The maximum Gasteiger partial charge on any atom is 0.313 e. The summed E-state index contributed by atoms with van der Waals surface area (Å²) >= 11 is 0. The Balaban J connectivity index is 1.97. The Morgan fingerprint density at radius 3 is 2.95 bits per heavy atom. The molecule has 98 valence electrons. The highest BCUT2D eigenvalue weighted by molar-refractivity contribution is 5.43. The summed E-state index contributed by atoms with van der Waals surface area (Å²) in [5.74, 6) is 0.622. The van der Waals surface area contributed by atoms with Crippen molar-refractivity contribution in [3.63, 3.8) is 0 Å². The van der Waals surface area contributed by atoms with Gasteiger partial charge in [-0.25, -0.2) is 4.98 Å². The second-order valence-corrected chi connectivity index (χ2v) is 4.68. The molecule has 0 atom stereocenters. The number of nitrogens with zero attached hydrogens (tertiary/aromatic N) is 2. The third kappa shape index (κ3) is 2.19. The molecule has 3 rings (SSSR count).